The maximum atomic E-state index is 14.7. The number of alkyl halides is 2. The molecule has 3 heterocycles. The van der Waals surface area contributed by atoms with Crippen LogP contribution in [0.5, 0.6) is 0 Å². The molecule has 0 unspecified atom stereocenters. The molecule has 2 aliphatic rings. The highest BCUT2D eigenvalue weighted by molar-refractivity contribution is 7.88. The van der Waals surface area contributed by atoms with Crippen LogP contribution in [0.25, 0.3) is 11.0 Å². The fourth-order valence-corrected chi connectivity index (χ4v) is 5.78. The number of hydrogen-bond acceptors (Lipinski definition) is 4. The number of imidazole rings is 1. The number of sulfonamides is 1. The summed E-state index contributed by atoms with van der Waals surface area (Å²) in [5, 5.41) is 0.486. The summed E-state index contributed by atoms with van der Waals surface area (Å²) in [6, 6.07) is 11.0. The van der Waals surface area contributed by atoms with Gasteiger partial charge in [-0.25, -0.2) is 17.7 Å². The number of piperidine rings is 1. The molecule has 0 atom stereocenters. The number of amides is 1. The topological polar surface area (TPSA) is 75.5 Å². The van der Waals surface area contributed by atoms with Crippen LogP contribution >= 0.6 is 11.6 Å². The molecule has 11 heteroatoms. The summed E-state index contributed by atoms with van der Waals surface area (Å²) in [5.74, 6) is -4.43. The van der Waals surface area contributed by atoms with Gasteiger partial charge in [0.15, 0.2) is 0 Å². The average molecular weight is 495 g/mol. The van der Waals surface area contributed by atoms with Gasteiger partial charge in [-0.15, -0.1) is 0 Å². The Hall–Kier alpha value is -2.56. The molecule has 0 saturated carbocycles. The molecule has 5 rings (SSSR count). The molecule has 2 aliphatic heterocycles. The van der Waals surface area contributed by atoms with Crippen molar-refractivity contribution in [3.63, 3.8) is 0 Å². The Morgan fingerprint density at radius 1 is 1.15 bits per heavy atom. The summed E-state index contributed by atoms with van der Waals surface area (Å²) in [6.45, 7) is 0.559. The van der Waals surface area contributed by atoms with Crippen LogP contribution in [0, 0.1) is 0 Å². The number of rotatable bonds is 4. The van der Waals surface area contributed by atoms with E-state index in [0.29, 0.717) is 42.3 Å². The normalized spacial score (nSPS) is 19.4. The summed E-state index contributed by atoms with van der Waals surface area (Å²) >= 11 is 6.15. The predicted octanol–water partition coefficient (Wildman–Crippen LogP) is 3.92. The van der Waals surface area contributed by atoms with Gasteiger partial charge in [0.25, 0.3) is 0 Å². The molecule has 0 bridgehead atoms. The van der Waals surface area contributed by atoms with Crippen LogP contribution in [0.2, 0.25) is 5.02 Å². The lowest BCUT2D eigenvalue weighted by atomic mass is 10.1. The zero-order valence-electron chi connectivity index (χ0n) is 17.7. The van der Waals surface area contributed by atoms with E-state index in [1.807, 2.05) is 10.6 Å². The van der Waals surface area contributed by atoms with Gasteiger partial charge in [-0.05, 0) is 37.1 Å². The summed E-state index contributed by atoms with van der Waals surface area (Å²) in [5.41, 5.74) is 1.20. The van der Waals surface area contributed by atoms with Crippen LogP contribution in [0.15, 0.2) is 42.5 Å². The molecule has 33 heavy (non-hydrogen) atoms. The third kappa shape index (κ3) is 3.70. The smallest absolute Gasteiger partial charge is 0.323 e. The molecule has 1 fully saturated rings. The van der Waals surface area contributed by atoms with Gasteiger partial charge in [-0.1, -0.05) is 29.8 Å². The zero-order chi connectivity index (χ0) is 23.5. The summed E-state index contributed by atoms with van der Waals surface area (Å²) in [6.07, 6.45) is 2.26. The van der Waals surface area contributed by atoms with Crippen molar-refractivity contribution in [2.24, 2.45) is 0 Å². The van der Waals surface area contributed by atoms with E-state index in [1.165, 1.54) is 28.8 Å². The molecule has 0 spiro atoms. The Labute approximate surface area is 194 Å². The number of anilines is 1. The largest absolute Gasteiger partial charge is 0.352 e. The van der Waals surface area contributed by atoms with Crippen LogP contribution in [0.4, 0.5) is 14.5 Å². The van der Waals surface area contributed by atoms with E-state index in [9.17, 15) is 22.0 Å². The van der Waals surface area contributed by atoms with Gasteiger partial charge in [0.2, 0.25) is 10.0 Å². The van der Waals surface area contributed by atoms with Crippen LogP contribution < -0.4 is 4.90 Å². The Bertz CT molecular complexity index is 1370. The second-order valence-corrected chi connectivity index (χ2v) is 10.8. The van der Waals surface area contributed by atoms with Gasteiger partial charge in [0.1, 0.15) is 5.82 Å². The Kier molecular flexibility index (Phi) is 5.22. The highest BCUT2D eigenvalue weighted by atomic mass is 35.5. The molecular weight excluding hydrogens is 474 g/mol. The third-order valence-corrected chi connectivity index (χ3v) is 7.87. The first-order valence-corrected chi connectivity index (χ1v) is 12.7. The van der Waals surface area contributed by atoms with E-state index in [2.05, 4.69) is 4.98 Å². The van der Waals surface area contributed by atoms with Crippen molar-refractivity contribution in [3.8, 4) is 0 Å². The SMILES string of the molecule is CS(=O)(=O)N1CCC(n2c(CN3C(=O)C(F)(F)c4ccccc43)nc3cc(Cl)ccc32)CC1. The standard InChI is InChI=1S/C22H21ClF2N4O3S/c1-33(31,32)27-10-8-15(9-11-27)29-19-7-6-14(23)12-17(19)26-20(29)13-28-18-5-3-2-4-16(18)22(24,25)21(28)30/h2-7,12,15H,8-11,13H2,1H3. The van der Waals surface area contributed by atoms with Crippen molar-refractivity contribution < 1.29 is 22.0 Å². The minimum Gasteiger partial charge on any atom is -0.323 e. The molecule has 3 aromatic rings. The molecule has 7 nitrogen and oxygen atoms in total. The van der Waals surface area contributed by atoms with E-state index in [-0.39, 0.29) is 23.8 Å². The summed E-state index contributed by atoms with van der Waals surface area (Å²) < 4.78 is 56.5. The second-order valence-electron chi connectivity index (χ2n) is 8.41. The van der Waals surface area contributed by atoms with Crippen molar-refractivity contribution in [3.05, 3.63) is 58.9 Å². The average Bonchev–Trinajstić information content (AvgIpc) is 3.21. The fourth-order valence-electron chi connectivity index (χ4n) is 4.74. The Balaban J connectivity index is 1.55. The number of aromatic nitrogens is 2. The minimum atomic E-state index is -3.60. The van der Waals surface area contributed by atoms with Gasteiger partial charge < -0.3 is 4.57 Å². The molecule has 0 aliphatic carbocycles. The van der Waals surface area contributed by atoms with Gasteiger partial charge >= 0.3 is 11.8 Å². The number of hydrogen-bond donors (Lipinski definition) is 0. The van der Waals surface area contributed by atoms with E-state index in [1.54, 1.807) is 18.2 Å². The Morgan fingerprint density at radius 2 is 1.85 bits per heavy atom. The highest BCUT2D eigenvalue weighted by Gasteiger charge is 2.52. The number of para-hydroxylation sites is 1. The van der Waals surface area contributed by atoms with E-state index >= 15 is 0 Å². The van der Waals surface area contributed by atoms with Crippen molar-refractivity contribution in [1.82, 2.24) is 13.9 Å². The zero-order valence-corrected chi connectivity index (χ0v) is 19.3. The van der Waals surface area contributed by atoms with Gasteiger partial charge in [-0.3, -0.25) is 9.69 Å². The predicted molar refractivity (Wildman–Crippen MR) is 121 cm³/mol. The summed E-state index contributed by atoms with van der Waals surface area (Å²) in [7, 11) is -3.29. The molecule has 2 aromatic carbocycles. The van der Waals surface area contributed by atoms with Crippen molar-refractivity contribution in [2.75, 3.05) is 24.2 Å². The number of carbonyl (C=O) groups is 1. The van der Waals surface area contributed by atoms with Gasteiger partial charge in [-0.2, -0.15) is 8.78 Å². The van der Waals surface area contributed by atoms with E-state index in [4.69, 9.17) is 11.6 Å². The van der Waals surface area contributed by atoms with Crippen LogP contribution in [0.3, 0.4) is 0 Å². The lowest BCUT2D eigenvalue weighted by Crippen LogP contribution is -2.39. The van der Waals surface area contributed by atoms with Crippen LogP contribution in [-0.4, -0.2) is 47.5 Å². The lowest BCUT2D eigenvalue weighted by Gasteiger charge is -2.32. The second kappa shape index (κ2) is 7.75. The van der Waals surface area contributed by atoms with Crippen LogP contribution in [-0.2, 0) is 27.3 Å². The first-order valence-electron chi connectivity index (χ1n) is 10.5. The number of fused-ring (bicyclic) bond motifs is 2. The van der Waals surface area contributed by atoms with E-state index in [0.717, 1.165) is 10.4 Å². The molecule has 1 amide bonds. The maximum absolute atomic E-state index is 14.7. The molecular formula is C22H21ClF2N4O3S. The van der Waals surface area contributed by atoms with Crippen molar-refractivity contribution in [1.29, 1.82) is 0 Å². The van der Waals surface area contributed by atoms with Crippen LogP contribution in [0.1, 0.15) is 30.3 Å². The third-order valence-electron chi connectivity index (χ3n) is 6.33. The molecule has 0 N–H and O–H groups in total. The van der Waals surface area contributed by atoms with Gasteiger partial charge in [0.05, 0.1) is 35.1 Å². The molecule has 1 saturated heterocycles. The number of halogens is 3. The molecule has 174 valence electrons. The first kappa shape index (κ1) is 22.2. The highest BCUT2D eigenvalue weighted by Crippen LogP contribution is 2.45. The monoisotopic (exact) mass is 494 g/mol. The minimum absolute atomic E-state index is 0.0994. The summed E-state index contributed by atoms with van der Waals surface area (Å²) in [4.78, 5) is 18.4. The number of benzene rings is 2. The van der Waals surface area contributed by atoms with Crippen molar-refractivity contribution in [2.45, 2.75) is 31.4 Å². The van der Waals surface area contributed by atoms with E-state index < -0.39 is 21.9 Å². The number of nitrogens with zero attached hydrogens (tertiary/aromatic N) is 4. The lowest BCUT2D eigenvalue weighted by molar-refractivity contribution is -0.141. The number of carbonyl (C=O) groups excluding carboxylic acids is 1. The molecule has 1 aromatic heterocycles. The van der Waals surface area contributed by atoms with Crippen molar-refractivity contribution >= 4 is 44.3 Å². The maximum Gasteiger partial charge on any atom is 0.352 e. The molecule has 0 radical (unpaired) electrons. The quantitative estimate of drug-likeness (QED) is 0.551. The van der Waals surface area contributed by atoms with Gasteiger partial charge in [0, 0.05) is 24.2 Å². The first-order chi connectivity index (χ1) is 15.6. The Morgan fingerprint density at radius 3 is 2.55 bits per heavy atom. The fraction of sp³-hybridized carbons (Fsp3) is 0.364.